The van der Waals surface area contributed by atoms with Gasteiger partial charge in [-0.25, -0.2) is 4.39 Å². The number of methoxy groups -OCH3 is 1. The van der Waals surface area contributed by atoms with E-state index in [4.69, 9.17) is 9.84 Å². The highest BCUT2D eigenvalue weighted by Gasteiger charge is 2.23. The van der Waals surface area contributed by atoms with E-state index < -0.39 is 24.2 Å². The van der Waals surface area contributed by atoms with Gasteiger partial charge < -0.3 is 14.7 Å². The minimum absolute atomic E-state index is 0.0862. The lowest BCUT2D eigenvalue weighted by Gasteiger charge is -2.14. The number of carbonyl (C=O) groups excluding carboxylic acids is 1. The van der Waals surface area contributed by atoms with Gasteiger partial charge in [-0.05, 0) is 12.1 Å². The smallest absolute Gasteiger partial charge is 0.323 e. The van der Waals surface area contributed by atoms with Crippen molar-refractivity contribution in [3.63, 3.8) is 0 Å². The van der Waals surface area contributed by atoms with E-state index in [2.05, 4.69) is 0 Å². The van der Waals surface area contributed by atoms with Crippen molar-refractivity contribution < 1.29 is 23.8 Å². The Bertz CT molecular complexity index is 698. The van der Waals surface area contributed by atoms with Gasteiger partial charge in [-0.3, -0.25) is 9.59 Å². The Kier molecular flexibility index (Phi) is 4.54. The molecule has 21 heavy (non-hydrogen) atoms. The maximum absolute atomic E-state index is 14.0. The molecule has 1 heterocycles. The molecule has 0 unspecified atom stereocenters. The lowest BCUT2D eigenvalue weighted by atomic mass is 10.1. The van der Waals surface area contributed by atoms with Crippen LogP contribution in [-0.2, 0) is 16.1 Å². The summed E-state index contributed by atoms with van der Waals surface area (Å²) in [5.41, 5.74) is 0.456. The van der Waals surface area contributed by atoms with Crippen molar-refractivity contribution >= 4 is 33.3 Å². The summed E-state index contributed by atoms with van der Waals surface area (Å²) in [7, 11) is 2.85. The molecular formula is C14H14FNO4S. The van der Waals surface area contributed by atoms with Gasteiger partial charge in [0.05, 0.1) is 11.5 Å². The molecule has 7 heteroatoms. The van der Waals surface area contributed by atoms with Crippen molar-refractivity contribution in [2.24, 2.45) is 0 Å². The number of fused-ring (bicyclic) bond motifs is 1. The molecule has 0 radical (unpaired) electrons. The highest BCUT2D eigenvalue weighted by Crippen LogP contribution is 2.34. The largest absolute Gasteiger partial charge is 0.480 e. The van der Waals surface area contributed by atoms with Crippen molar-refractivity contribution in [2.45, 2.75) is 6.61 Å². The lowest BCUT2D eigenvalue weighted by molar-refractivity contribution is -0.137. The second-order valence-corrected chi connectivity index (χ2v) is 5.56. The van der Waals surface area contributed by atoms with E-state index >= 15 is 0 Å². The number of likely N-dealkylation sites (N-methyl/N-ethyl adjacent to an activating group) is 1. The van der Waals surface area contributed by atoms with Gasteiger partial charge >= 0.3 is 5.97 Å². The van der Waals surface area contributed by atoms with Crippen LogP contribution in [-0.4, -0.2) is 42.6 Å². The molecule has 0 aliphatic carbocycles. The van der Waals surface area contributed by atoms with Gasteiger partial charge in [-0.15, -0.1) is 11.3 Å². The summed E-state index contributed by atoms with van der Waals surface area (Å²) in [6.07, 6.45) is 0. The first kappa shape index (κ1) is 15.4. The third kappa shape index (κ3) is 3.03. The molecule has 0 aliphatic heterocycles. The Balaban J connectivity index is 2.52. The number of carboxylic acid groups (broad SMARTS) is 1. The van der Waals surface area contributed by atoms with Gasteiger partial charge in [0.25, 0.3) is 5.91 Å². The second-order valence-electron chi connectivity index (χ2n) is 4.51. The van der Waals surface area contributed by atoms with Gasteiger partial charge in [0.15, 0.2) is 0 Å². The van der Waals surface area contributed by atoms with Crippen LogP contribution < -0.4 is 0 Å². The number of aliphatic carboxylic acids is 1. The Morgan fingerprint density at radius 3 is 2.76 bits per heavy atom. The molecule has 0 bridgehead atoms. The monoisotopic (exact) mass is 311 g/mol. The van der Waals surface area contributed by atoms with Crippen molar-refractivity contribution in [2.75, 3.05) is 20.7 Å². The minimum Gasteiger partial charge on any atom is -0.480 e. The van der Waals surface area contributed by atoms with Gasteiger partial charge in [-0.1, -0.05) is 6.07 Å². The average Bonchev–Trinajstić information content (AvgIpc) is 2.78. The first-order valence-corrected chi connectivity index (χ1v) is 6.93. The predicted molar refractivity (Wildman–Crippen MR) is 77.1 cm³/mol. The molecular weight excluding hydrogens is 297 g/mol. The summed E-state index contributed by atoms with van der Waals surface area (Å²) in [6, 6.07) is 4.61. The summed E-state index contributed by atoms with van der Waals surface area (Å²) in [6.45, 7) is -0.328. The number of carboxylic acids is 1. The number of thiophene rings is 1. The topological polar surface area (TPSA) is 66.8 Å². The number of carbonyl (C=O) groups is 2. The molecule has 5 nitrogen and oxygen atoms in total. The van der Waals surface area contributed by atoms with Crippen LogP contribution in [0.1, 0.15) is 15.2 Å². The van der Waals surface area contributed by atoms with Crippen LogP contribution in [0, 0.1) is 5.82 Å². The number of rotatable bonds is 5. The molecule has 1 aromatic heterocycles. The average molecular weight is 311 g/mol. The molecule has 1 aromatic carbocycles. The SMILES string of the molecule is COCc1c(C(=O)N(C)CC(=O)O)sc2cccc(F)c12. The van der Waals surface area contributed by atoms with Gasteiger partial charge in [0.2, 0.25) is 0 Å². The van der Waals surface area contributed by atoms with Gasteiger partial charge in [-0.2, -0.15) is 0 Å². The Morgan fingerprint density at radius 1 is 1.43 bits per heavy atom. The molecule has 0 saturated carbocycles. The fourth-order valence-electron chi connectivity index (χ4n) is 2.07. The molecule has 0 fully saturated rings. The van der Waals surface area contributed by atoms with E-state index in [1.807, 2.05) is 0 Å². The van der Waals surface area contributed by atoms with Crippen LogP contribution in [0.2, 0.25) is 0 Å². The Hall–Kier alpha value is -1.99. The van der Waals surface area contributed by atoms with Crippen molar-refractivity contribution in [3.05, 3.63) is 34.5 Å². The van der Waals surface area contributed by atoms with E-state index in [1.54, 1.807) is 12.1 Å². The van der Waals surface area contributed by atoms with E-state index in [-0.39, 0.29) is 6.61 Å². The van der Waals surface area contributed by atoms with Crippen molar-refractivity contribution in [3.8, 4) is 0 Å². The quantitative estimate of drug-likeness (QED) is 0.920. The molecule has 2 aromatic rings. The van der Waals surface area contributed by atoms with Crippen LogP contribution in [0.5, 0.6) is 0 Å². The standard InChI is InChI=1S/C14H14FNO4S/c1-16(6-11(17)18)14(19)13-8(7-20-2)12-9(15)4-3-5-10(12)21-13/h3-5H,6-7H2,1-2H3,(H,17,18). The van der Waals surface area contributed by atoms with Crippen molar-refractivity contribution in [1.82, 2.24) is 4.90 Å². The summed E-state index contributed by atoms with van der Waals surface area (Å²) >= 11 is 1.14. The third-order valence-electron chi connectivity index (χ3n) is 2.97. The van der Waals surface area contributed by atoms with E-state index in [0.29, 0.717) is 20.5 Å². The highest BCUT2D eigenvalue weighted by molar-refractivity contribution is 7.21. The molecule has 0 aliphatic rings. The molecule has 0 atom stereocenters. The lowest BCUT2D eigenvalue weighted by Crippen LogP contribution is -2.31. The van der Waals surface area contributed by atoms with Crippen LogP contribution in [0.25, 0.3) is 10.1 Å². The van der Waals surface area contributed by atoms with Crippen molar-refractivity contribution in [1.29, 1.82) is 0 Å². The Morgan fingerprint density at radius 2 is 2.14 bits per heavy atom. The third-order valence-corrected chi connectivity index (χ3v) is 4.15. The summed E-state index contributed by atoms with van der Waals surface area (Å²) < 4.78 is 19.7. The van der Waals surface area contributed by atoms with Crippen LogP contribution in [0.15, 0.2) is 18.2 Å². The van der Waals surface area contributed by atoms with Crippen LogP contribution >= 0.6 is 11.3 Å². The zero-order valence-corrected chi connectivity index (χ0v) is 12.4. The number of hydrogen-bond donors (Lipinski definition) is 1. The highest BCUT2D eigenvalue weighted by atomic mass is 32.1. The first-order valence-electron chi connectivity index (χ1n) is 6.11. The number of nitrogens with zero attached hydrogens (tertiary/aromatic N) is 1. The van der Waals surface area contributed by atoms with E-state index in [0.717, 1.165) is 16.2 Å². The number of ether oxygens (including phenoxy) is 1. The fraction of sp³-hybridized carbons (Fsp3) is 0.286. The normalized spacial score (nSPS) is 10.8. The molecule has 0 saturated heterocycles. The number of benzene rings is 1. The van der Waals surface area contributed by atoms with E-state index in [9.17, 15) is 14.0 Å². The Labute approximate surface area is 124 Å². The number of halogens is 1. The zero-order chi connectivity index (χ0) is 15.6. The van der Waals surface area contributed by atoms with E-state index in [1.165, 1.54) is 20.2 Å². The first-order chi connectivity index (χ1) is 9.95. The molecule has 1 N–H and O–H groups in total. The maximum Gasteiger partial charge on any atom is 0.323 e. The number of hydrogen-bond acceptors (Lipinski definition) is 4. The van der Waals surface area contributed by atoms with Crippen LogP contribution in [0.3, 0.4) is 0 Å². The summed E-state index contributed by atoms with van der Waals surface area (Å²) in [5.74, 6) is -1.98. The zero-order valence-electron chi connectivity index (χ0n) is 11.6. The molecule has 1 amide bonds. The molecule has 0 spiro atoms. The van der Waals surface area contributed by atoms with Crippen LogP contribution in [0.4, 0.5) is 4.39 Å². The summed E-state index contributed by atoms with van der Waals surface area (Å²) in [5, 5.41) is 9.12. The van der Waals surface area contributed by atoms with Gasteiger partial charge in [0, 0.05) is 29.8 Å². The van der Waals surface area contributed by atoms with Gasteiger partial charge in [0.1, 0.15) is 12.4 Å². The predicted octanol–water partition coefficient (Wildman–Crippen LogP) is 2.34. The molecule has 2 rings (SSSR count). The number of amides is 1. The maximum atomic E-state index is 14.0. The molecule has 112 valence electrons. The minimum atomic E-state index is -1.11. The second kappa shape index (κ2) is 6.19. The fourth-order valence-corrected chi connectivity index (χ4v) is 3.29. The summed E-state index contributed by atoms with van der Waals surface area (Å²) in [4.78, 5) is 24.5.